The van der Waals surface area contributed by atoms with Crippen LogP contribution in [0.1, 0.15) is 120 Å². The van der Waals surface area contributed by atoms with Gasteiger partial charge in [-0.25, -0.2) is 13.2 Å². The number of alkyl halides is 1. The molecule has 0 unspecified atom stereocenters. The minimum absolute atomic E-state index is 0.0205. The smallest absolute Gasteiger partial charge is 0.246 e. The summed E-state index contributed by atoms with van der Waals surface area (Å²) in [6, 6.07) is 7.90. The molecular weight excluding hydrogens is 1350 g/mol. The van der Waals surface area contributed by atoms with Gasteiger partial charge in [-0.1, -0.05) is 49.2 Å². The molecule has 104 heavy (non-hydrogen) atoms. The Morgan fingerprint density at radius 2 is 1.28 bits per heavy atom. The van der Waals surface area contributed by atoms with Gasteiger partial charge in [-0.3, -0.25) is 52.7 Å². The van der Waals surface area contributed by atoms with Gasteiger partial charge in [-0.15, -0.1) is 0 Å². The molecule has 0 saturated carbocycles. The molecule has 15 N–H and O–H groups in total. The number of nitrogens with one attached hydrogen (secondary N) is 10. The van der Waals surface area contributed by atoms with Gasteiger partial charge >= 0.3 is 0 Å². The molecule has 4 aromatic carbocycles. The summed E-state index contributed by atoms with van der Waals surface area (Å²) in [5, 5.41) is 33.3. The summed E-state index contributed by atoms with van der Waals surface area (Å²) >= 11 is 0. The number of amides is 11. The maximum Gasteiger partial charge on any atom is 0.246 e. The summed E-state index contributed by atoms with van der Waals surface area (Å²) < 4.78 is 51.6. The SMILES string of the molecule is COc1ccc(C[C@@H]2NC(=O)[C@H]([C@@H](C)O)NC(=O)[C@@H]3C[C@H](F)CN3C(=O)[C@H](Cc3c[nH]c4ccc(F)cc34)NC(=O)[C@H](Cc3c[nH]c4ccc(F)cc34)NC(=O)[C@@H](C)NC(=O)[C@H](CCCCN)NC(=O)[C@@H](NC(C)=O)CCCCCc3ccc(cc3)C[C@@H](C(N)=O)NC(=O)[C@]3(C)CCCN3C2=O)cc1. The van der Waals surface area contributed by atoms with Gasteiger partial charge in [0, 0.05) is 79.8 Å². The molecule has 0 spiro atoms. The number of aliphatic hydroxyl groups excluding tert-OH is 1. The molecule has 2 aromatic heterocycles. The number of aromatic nitrogens is 2. The van der Waals surface area contributed by atoms with Crippen LogP contribution in [0.2, 0.25) is 0 Å². The van der Waals surface area contributed by atoms with E-state index in [9.17, 15) is 47.9 Å². The number of nitrogens with two attached hydrogens (primary N) is 2. The van der Waals surface area contributed by atoms with Crippen molar-refractivity contribution < 1.29 is 75.8 Å². The predicted molar refractivity (Wildman–Crippen MR) is 378 cm³/mol. The van der Waals surface area contributed by atoms with Crippen molar-refractivity contribution in [1.29, 1.82) is 0 Å². The highest BCUT2D eigenvalue weighted by molar-refractivity contribution is 6.01. The third-order valence-electron chi connectivity index (χ3n) is 19.7. The summed E-state index contributed by atoms with van der Waals surface area (Å²) in [5.41, 5.74) is 13.7. The Bertz CT molecular complexity index is 4120. The fourth-order valence-electron chi connectivity index (χ4n) is 13.8. The number of hydrogen-bond acceptors (Lipinski definition) is 14. The van der Waals surface area contributed by atoms with Gasteiger partial charge in [0.05, 0.1) is 19.8 Å². The molecule has 2 saturated heterocycles. The molecule has 4 aliphatic rings. The molecule has 12 atom stereocenters. The number of aromatic amines is 2. The number of hydrogen-bond donors (Lipinski definition) is 13. The van der Waals surface area contributed by atoms with Crippen molar-refractivity contribution in [2.45, 2.75) is 196 Å². The standard InChI is InChI=1S/C74H93F3N14O13/c1-40-65(95)85-59(32-46-37-80-54-25-21-48(75)34-52(46)54)68(98)86-61(33-47-38-81-55-26-22-49(76)35-53(47)55)71(101)90-39-50(77)36-62(90)69(99)89-63(41(2)92)70(100)87-60(31-45-19-23-51(104-5)24-20-45)72(102)91-29-11-27-74(91,4)73(103)88-58(64(79)94)30-44-17-15-43(16-18-44)12-7-6-8-13-56(83-42(3)93)67(97)84-57(66(96)82-40)14-9-10-28-78/h15-26,34-35,37-38,40-41,50,56-63,80-81,92H,6-14,27-33,36,39,78H2,1-5H3,(H2,79,94)(H,82,96)(H,83,93)(H,84,97)(H,85,95)(H,86,98)(H,87,100)(H,88,103)(H,89,99)/t40-,41-,50+,56+,57+,58+,59+,60+,61+,62+,63+,74+/m1/s1. The second-order valence-electron chi connectivity index (χ2n) is 27.5. The maximum atomic E-state index is 16.2. The number of fused-ring (bicyclic) bond motifs is 31. The number of carbonyl (C=O) groups is 11. The zero-order valence-electron chi connectivity index (χ0n) is 58.8. The van der Waals surface area contributed by atoms with Crippen molar-refractivity contribution in [2.24, 2.45) is 11.5 Å². The lowest BCUT2D eigenvalue weighted by atomic mass is 9.94. The zero-order valence-corrected chi connectivity index (χ0v) is 58.8. The first-order valence-corrected chi connectivity index (χ1v) is 35.2. The van der Waals surface area contributed by atoms with Crippen LogP contribution in [0.5, 0.6) is 5.75 Å². The molecule has 11 amide bonds. The Morgan fingerprint density at radius 1 is 0.683 bits per heavy atom. The molecule has 0 radical (unpaired) electrons. The molecule has 558 valence electrons. The van der Waals surface area contributed by atoms with E-state index < -0.39 is 175 Å². The first kappa shape index (κ1) is 77.8. The Kier molecular flexibility index (Phi) is 26.3. The van der Waals surface area contributed by atoms with Crippen molar-refractivity contribution in [3.8, 4) is 5.75 Å². The molecule has 0 aliphatic carbocycles. The van der Waals surface area contributed by atoms with Crippen LogP contribution in [-0.2, 0) is 84.8 Å². The minimum Gasteiger partial charge on any atom is -0.497 e. The maximum absolute atomic E-state index is 16.2. The van der Waals surface area contributed by atoms with Crippen LogP contribution in [-0.4, -0.2) is 189 Å². The van der Waals surface area contributed by atoms with Gasteiger partial charge in [0.1, 0.15) is 83.5 Å². The van der Waals surface area contributed by atoms with Crippen LogP contribution in [0.4, 0.5) is 13.2 Å². The number of nitrogens with zero attached hydrogens (tertiary/aromatic N) is 2. The van der Waals surface area contributed by atoms with E-state index in [1.165, 1.54) is 88.5 Å². The highest BCUT2D eigenvalue weighted by Gasteiger charge is 2.50. The third kappa shape index (κ3) is 19.7. The van der Waals surface area contributed by atoms with Gasteiger partial charge < -0.3 is 83.6 Å². The third-order valence-corrected chi connectivity index (χ3v) is 19.7. The van der Waals surface area contributed by atoms with Gasteiger partial charge in [-0.05, 0) is 155 Å². The van der Waals surface area contributed by atoms with Gasteiger partial charge in [0.2, 0.25) is 65.0 Å². The molecular formula is C74H93F3N14O13. The average molecular weight is 1440 g/mol. The van der Waals surface area contributed by atoms with E-state index in [2.05, 4.69) is 52.5 Å². The van der Waals surface area contributed by atoms with Crippen LogP contribution in [0.3, 0.4) is 0 Å². The van der Waals surface area contributed by atoms with Crippen molar-refractivity contribution in [3.63, 3.8) is 0 Å². The summed E-state index contributed by atoms with van der Waals surface area (Å²) in [4.78, 5) is 167. The minimum atomic E-state index is -1.90. The number of rotatable bonds is 14. The molecule has 27 nitrogen and oxygen atoms in total. The summed E-state index contributed by atoms with van der Waals surface area (Å²) in [7, 11) is 1.46. The topological polar surface area (TPSA) is 404 Å². The number of benzene rings is 4. The number of primary amides is 1. The number of methoxy groups -OCH3 is 1. The largest absolute Gasteiger partial charge is 0.497 e. The van der Waals surface area contributed by atoms with E-state index in [0.717, 1.165) is 10.5 Å². The Balaban J connectivity index is 1.07. The van der Waals surface area contributed by atoms with E-state index in [-0.39, 0.29) is 56.1 Å². The average Bonchev–Trinajstić information content (AvgIpc) is 1.58. The highest BCUT2D eigenvalue weighted by atomic mass is 19.1. The molecule has 6 aromatic rings. The summed E-state index contributed by atoms with van der Waals surface area (Å²) in [5.74, 6) is -10.5. The van der Waals surface area contributed by atoms with E-state index in [0.29, 0.717) is 83.8 Å². The van der Waals surface area contributed by atoms with Crippen LogP contribution in [0, 0.1) is 11.6 Å². The van der Waals surface area contributed by atoms with Gasteiger partial charge in [-0.2, -0.15) is 0 Å². The Morgan fingerprint density at radius 3 is 1.89 bits per heavy atom. The number of aliphatic hydroxyl groups is 1. The lowest BCUT2D eigenvalue weighted by Gasteiger charge is -2.37. The second kappa shape index (κ2) is 35.2. The Hall–Kier alpha value is -10.4. The predicted octanol–water partition coefficient (Wildman–Crippen LogP) is 2.56. The quantitative estimate of drug-likeness (QED) is 0.0551. The number of halogens is 3. The van der Waals surface area contributed by atoms with Crippen LogP contribution in [0.15, 0.2) is 97.3 Å². The number of carbonyl (C=O) groups excluding carboxylic acids is 11. The first-order chi connectivity index (χ1) is 49.6. The van der Waals surface area contributed by atoms with E-state index >= 15 is 23.2 Å². The molecule has 10 rings (SSSR count). The zero-order chi connectivity index (χ0) is 75.1. The molecule has 2 fully saturated rings. The van der Waals surface area contributed by atoms with Crippen molar-refractivity contribution in [1.82, 2.24) is 62.3 Å². The molecule has 2 bridgehead atoms. The van der Waals surface area contributed by atoms with Crippen LogP contribution in [0.25, 0.3) is 21.8 Å². The van der Waals surface area contributed by atoms with Crippen LogP contribution >= 0.6 is 0 Å². The lowest BCUT2D eigenvalue weighted by molar-refractivity contribution is -0.147. The van der Waals surface area contributed by atoms with Crippen molar-refractivity contribution in [2.75, 3.05) is 26.7 Å². The van der Waals surface area contributed by atoms with Crippen molar-refractivity contribution >= 4 is 86.8 Å². The number of ether oxygens (including phenoxy) is 1. The Labute approximate surface area is 599 Å². The summed E-state index contributed by atoms with van der Waals surface area (Å²) in [6.45, 7) is 4.79. The number of unbranched alkanes of at least 4 members (excludes halogenated alkanes) is 1. The van der Waals surface area contributed by atoms with E-state index in [4.69, 9.17) is 16.2 Å². The monoisotopic (exact) mass is 1440 g/mol. The van der Waals surface area contributed by atoms with E-state index in [1.54, 1.807) is 36.4 Å². The molecule has 30 heteroatoms. The lowest BCUT2D eigenvalue weighted by Crippen LogP contribution is -2.64. The molecule has 4 aliphatic heterocycles. The van der Waals surface area contributed by atoms with Gasteiger partial charge in [0.25, 0.3) is 0 Å². The highest BCUT2D eigenvalue weighted by Crippen LogP contribution is 2.32. The summed E-state index contributed by atoms with van der Waals surface area (Å²) in [6.07, 6.45) is 1.39. The number of aryl methyl sites for hydroxylation is 1. The fourth-order valence-corrected chi connectivity index (χ4v) is 13.8. The van der Waals surface area contributed by atoms with Crippen molar-refractivity contribution in [3.05, 3.63) is 137 Å². The fraction of sp³-hybridized carbons (Fsp3) is 0.473. The van der Waals surface area contributed by atoms with Gasteiger partial charge in [0.15, 0.2) is 0 Å². The number of H-pyrrole nitrogens is 2. The molecule has 6 heterocycles. The first-order valence-electron chi connectivity index (χ1n) is 35.2. The second-order valence-corrected chi connectivity index (χ2v) is 27.5. The normalized spacial score (nSPS) is 25.5. The van der Waals surface area contributed by atoms with E-state index in [1.807, 2.05) is 12.1 Å². The van der Waals surface area contributed by atoms with Crippen LogP contribution < -0.4 is 58.7 Å².